The van der Waals surface area contributed by atoms with Gasteiger partial charge < -0.3 is 11.1 Å². The predicted octanol–water partition coefficient (Wildman–Crippen LogP) is 2.15. The molecule has 0 saturated carbocycles. The second kappa shape index (κ2) is 6.89. The summed E-state index contributed by atoms with van der Waals surface area (Å²) < 4.78 is 0. The van der Waals surface area contributed by atoms with Gasteiger partial charge in [-0.1, -0.05) is 26.7 Å². The lowest BCUT2D eigenvalue weighted by Crippen LogP contribution is -2.24. The number of rotatable bonds is 6. The molecule has 17 heavy (non-hydrogen) atoms. The standard InChI is InChI=1S/C13H21N3O/c1-3-5-6-7-15-13(17)10-8-11(4-2)16-12(14)9-10/h8-9H,3-7H2,1-2H3,(H2,14,16)(H,15,17). The molecule has 1 aromatic heterocycles. The van der Waals surface area contributed by atoms with E-state index in [2.05, 4.69) is 17.2 Å². The van der Waals surface area contributed by atoms with Crippen molar-refractivity contribution in [1.82, 2.24) is 10.3 Å². The highest BCUT2D eigenvalue weighted by Gasteiger charge is 2.07. The van der Waals surface area contributed by atoms with E-state index in [1.165, 1.54) is 0 Å². The van der Waals surface area contributed by atoms with Crippen LogP contribution in [-0.4, -0.2) is 17.4 Å². The van der Waals surface area contributed by atoms with Crippen molar-refractivity contribution < 1.29 is 4.79 Å². The molecule has 1 rings (SSSR count). The maximum atomic E-state index is 11.8. The van der Waals surface area contributed by atoms with Crippen molar-refractivity contribution in [2.24, 2.45) is 0 Å². The number of aromatic nitrogens is 1. The highest BCUT2D eigenvalue weighted by atomic mass is 16.1. The van der Waals surface area contributed by atoms with Crippen LogP contribution in [0.25, 0.3) is 0 Å². The number of nitrogens with zero attached hydrogens (tertiary/aromatic N) is 1. The van der Waals surface area contributed by atoms with Crippen molar-refractivity contribution in [2.75, 3.05) is 12.3 Å². The average Bonchev–Trinajstić information content (AvgIpc) is 2.33. The number of aryl methyl sites for hydroxylation is 1. The monoisotopic (exact) mass is 235 g/mol. The van der Waals surface area contributed by atoms with Gasteiger partial charge in [-0.15, -0.1) is 0 Å². The number of hydrogen-bond donors (Lipinski definition) is 2. The first-order valence-corrected chi connectivity index (χ1v) is 6.22. The normalized spacial score (nSPS) is 10.2. The van der Waals surface area contributed by atoms with Crippen LogP contribution < -0.4 is 11.1 Å². The Morgan fingerprint density at radius 2 is 2.12 bits per heavy atom. The molecule has 0 unspecified atom stereocenters. The van der Waals surface area contributed by atoms with Gasteiger partial charge >= 0.3 is 0 Å². The van der Waals surface area contributed by atoms with Gasteiger partial charge in [0.15, 0.2) is 0 Å². The van der Waals surface area contributed by atoms with Crippen molar-refractivity contribution in [2.45, 2.75) is 39.5 Å². The fraction of sp³-hybridized carbons (Fsp3) is 0.538. The fourth-order valence-electron chi connectivity index (χ4n) is 1.60. The van der Waals surface area contributed by atoms with Gasteiger partial charge in [-0.3, -0.25) is 4.79 Å². The molecule has 1 amide bonds. The van der Waals surface area contributed by atoms with E-state index in [0.29, 0.717) is 11.4 Å². The van der Waals surface area contributed by atoms with Crippen molar-refractivity contribution >= 4 is 11.7 Å². The van der Waals surface area contributed by atoms with E-state index >= 15 is 0 Å². The zero-order valence-corrected chi connectivity index (χ0v) is 10.6. The summed E-state index contributed by atoms with van der Waals surface area (Å²) in [6.45, 7) is 4.85. The van der Waals surface area contributed by atoms with Gasteiger partial charge in [0.25, 0.3) is 5.91 Å². The van der Waals surface area contributed by atoms with E-state index in [0.717, 1.165) is 37.9 Å². The molecule has 0 radical (unpaired) electrons. The van der Waals surface area contributed by atoms with Gasteiger partial charge in [0.2, 0.25) is 0 Å². The molecule has 0 fully saturated rings. The molecule has 0 aliphatic carbocycles. The molecular weight excluding hydrogens is 214 g/mol. The molecule has 0 aromatic carbocycles. The second-order valence-electron chi connectivity index (χ2n) is 4.09. The molecule has 4 nitrogen and oxygen atoms in total. The number of amides is 1. The Labute approximate surface area is 103 Å². The van der Waals surface area contributed by atoms with E-state index in [-0.39, 0.29) is 5.91 Å². The van der Waals surface area contributed by atoms with Gasteiger partial charge in [0, 0.05) is 17.8 Å². The number of anilines is 1. The lowest BCUT2D eigenvalue weighted by molar-refractivity contribution is 0.0953. The summed E-state index contributed by atoms with van der Waals surface area (Å²) in [5.74, 6) is 0.341. The minimum Gasteiger partial charge on any atom is -0.384 e. The van der Waals surface area contributed by atoms with Crippen molar-refractivity contribution in [3.8, 4) is 0 Å². The summed E-state index contributed by atoms with van der Waals surface area (Å²) >= 11 is 0. The molecule has 0 aliphatic heterocycles. The van der Waals surface area contributed by atoms with Gasteiger partial charge in [-0.25, -0.2) is 4.98 Å². The van der Waals surface area contributed by atoms with Crippen LogP contribution in [0.2, 0.25) is 0 Å². The van der Waals surface area contributed by atoms with Crippen LogP contribution in [0.1, 0.15) is 49.2 Å². The molecule has 94 valence electrons. The first-order chi connectivity index (χ1) is 8.17. The van der Waals surface area contributed by atoms with Crippen molar-refractivity contribution in [3.05, 3.63) is 23.4 Å². The number of carbonyl (C=O) groups is 1. The molecule has 1 heterocycles. The van der Waals surface area contributed by atoms with E-state index in [4.69, 9.17) is 5.73 Å². The van der Waals surface area contributed by atoms with Crippen LogP contribution in [0.4, 0.5) is 5.82 Å². The summed E-state index contributed by atoms with van der Waals surface area (Å²) in [5.41, 5.74) is 7.11. The number of pyridine rings is 1. The lowest BCUT2D eigenvalue weighted by atomic mass is 10.1. The quantitative estimate of drug-likeness (QED) is 0.742. The minimum atomic E-state index is -0.0649. The Hall–Kier alpha value is -1.58. The average molecular weight is 235 g/mol. The Bertz CT molecular complexity index is 377. The first-order valence-electron chi connectivity index (χ1n) is 6.22. The molecule has 0 saturated heterocycles. The highest BCUT2D eigenvalue weighted by Crippen LogP contribution is 2.08. The van der Waals surface area contributed by atoms with Crippen LogP contribution in [0.5, 0.6) is 0 Å². The number of unbranched alkanes of at least 4 members (excludes halogenated alkanes) is 2. The molecule has 4 heteroatoms. The number of nitrogen functional groups attached to an aromatic ring is 1. The van der Waals surface area contributed by atoms with Crippen molar-refractivity contribution in [3.63, 3.8) is 0 Å². The molecule has 0 aliphatic rings. The number of nitrogens with two attached hydrogens (primary N) is 1. The number of carbonyl (C=O) groups excluding carboxylic acids is 1. The predicted molar refractivity (Wildman–Crippen MR) is 69.9 cm³/mol. The molecule has 3 N–H and O–H groups in total. The highest BCUT2D eigenvalue weighted by molar-refractivity contribution is 5.94. The first kappa shape index (κ1) is 13.5. The third-order valence-corrected chi connectivity index (χ3v) is 2.59. The minimum absolute atomic E-state index is 0.0649. The zero-order valence-electron chi connectivity index (χ0n) is 10.6. The van der Waals surface area contributed by atoms with Gasteiger partial charge in [0.05, 0.1) is 0 Å². The lowest BCUT2D eigenvalue weighted by Gasteiger charge is -2.07. The van der Waals surface area contributed by atoms with Gasteiger partial charge in [0.1, 0.15) is 5.82 Å². The molecule has 1 aromatic rings. The summed E-state index contributed by atoms with van der Waals surface area (Å²) in [4.78, 5) is 16.0. The topological polar surface area (TPSA) is 68.0 Å². The Morgan fingerprint density at radius 3 is 2.76 bits per heavy atom. The number of hydrogen-bond acceptors (Lipinski definition) is 3. The van der Waals surface area contributed by atoms with Gasteiger partial charge in [-0.05, 0) is 25.0 Å². The molecular formula is C13H21N3O. The van der Waals surface area contributed by atoms with E-state index in [9.17, 15) is 4.79 Å². The third-order valence-electron chi connectivity index (χ3n) is 2.59. The SMILES string of the molecule is CCCCCNC(=O)c1cc(N)nc(CC)c1. The summed E-state index contributed by atoms with van der Waals surface area (Å²) in [6, 6.07) is 3.42. The van der Waals surface area contributed by atoms with E-state index < -0.39 is 0 Å². The Balaban J connectivity index is 2.59. The largest absolute Gasteiger partial charge is 0.384 e. The van der Waals surface area contributed by atoms with Crippen LogP contribution in [0.15, 0.2) is 12.1 Å². The van der Waals surface area contributed by atoms with Crippen molar-refractivity contribution in [1.29, 1.82) is 0 Å². The molecule has 0 spiro atoms. The molecule has 0 atom stereocenters. The summed E-state index contributed by atoms with van der Waals surface area (Å²) in [7, 11) is 0. The van der Waals surface area contributed by atoms with Crippen LogP contribution >= 0.6 is 0 Å². The van der Waals surface area contributed by atoms with E-state index in [1.807, 2.05) is 6.92 Å². The van der Waals surface area contributed by atoms with Crippen LogP contribution in [0, 0.1) is 0 Å². The van der Waals surface area contributed by atoms with Gasteiger partial charge in [-0.2, -0.15) is 0 Å². The van der Waals surface area contributed by atoms with E-state index in [1.54, 1.807) is 12.1 Å². The zero-order chi connectivity index (χ0) is 12.7. The maximum Gasteiger partial charge on any atom is 0.251 e. The van der Waals surface area contributed by atoms with Crippen LogP contribution in [0.3, 0.4) is 0 Å². The second-order valence-corrected chi connectivity index (χ2v) is 4.09. The van der Waals surface area contributed by atoms with Crippen LogP contribution in [-0.2, 0) is 6.42 Å². The fourth-order valence-corrected chi connectivity index (χ4v) is 1.60. The smallest absolute Gasteiger partial charge is 0.251 e. The maximum absolute atomic E-state index is 11.8. The summed E-state index contributed by atoms with van der Waals surface area (Å²) in [6.07, 6.45) is 4.08. The third kappa shape index (κ3) is 4.43. The Kier molecular flexibility index (Phi) is 5.46. The molecule has 0 bridgehead atoms. The Morgan fingerprint density at radius 1 is 1.35 bits per heavy atom. The number of nitrogens with one attached hydrogen (secondary N) is 1. The summed E-state index contributed by atoms with van der Waals surface area (Å²) in [5, 5.41) is 2.89.